The van der Waals surface area contributed by atoms with Crippen LogP contribution in [-0.4, -0.2) is 11.8 Å². The Morgan fingerprint density at radius 3 is 2.67 bits per heavy atom. The number of benzene rings is 1. The lowest BCUT2D eigenvalue weighted by atomic mass is 10.0. The molecule has 0 heterocycles. The second-order valence-electron chi connectivity index (χ2n) is 3.82. The molecule has 1 aromatic carbocycles. The van der Waals surface area contributed by atoms with Gasteiger partial charge in [0.05, 0.1) is 0 Å². The van der Waals surface area contributed by atoms with Crippen LogP contribution in [0, 0.1) is 6.92 Å². The third-order valence-corrected chi connectivity index (χ3v) is 2.33. The van der Waals surface area contributed by atoms with E-state index in [1.165, 1.54) is 5.56 Å². The van der Waals surface area contributed by atoms with Gasteiger partial charge in [0.1, 0.15) is 5.75 Å². The van der Waals surface area contributed by atoms with Gasteiger partial charge in [0.15, 0.2) is 6.61 Å². The summed E-state index contributed by atoms with van der Waals surface area (Å²) in [6.45, 7) is 6.09. The van der Waals surface area contributed by atoms with Crippen LogP contribution in [0.5, 0.6) is 5.75 Å². The standard InChI is InChI=1S/C12H15ClO2/c1-8(2)10-5-4-9(3)11(6-10)15-7-12(13)14/h4-6,8H,7H2,1-3H3. The maximum absolute atomic E-state index is 10.6. The Bertz CT molecular complexity index is 359. The molecule has 0 aliphatic carbocycles. The van der Waals surface area contributed by atoms with E-state index in [0.717, 1.165) is 11.3 Å². The number of hydrogen-bond donors (Lipinski definition) is 0. The van der Waals surface area contributed by atoms with Crippen LogP contribution in [0.25, 0.3) is 0 Å². The summed E-state index contributed by atoms with van der Waals surface area (Å²) < 4.78 is 5.31. The van der Waals surface area contributed by atoms with E-state index in [4.69, 9.17) is 16.3 Å². The number of aryl methyl sites for hydroxylation is 1. The molecule has 0 aromatic heterocycles. The number of rotatable bonds is 4. The fourth-order valence-corrected chi connectivity index (χ4v) is 1.32. The van der Waals surface area contributed by atoms with Gasteiger partial charge in [-0.05, 0) is 41.6 Å². The zero-order chi connectivity index (χ0) is 11.4. The molecular formula is C12H15ClO2. The smallest absolute Gasteiger partial charge is 0.259 e. The van der Waals surface area contributed by atoms with Gasteiger partial charge in [0.25, 0.3) is 5.24 Å². The predicted molar refractivity (Wildman–Crippen MR) is 61.6 cm³/mol. The first-order valence-corrected chi connectivity index (χ1v) is 5.30. The van der Waals surface area contributed by atoms with Gasteiger partial charge in [0.2, 0.25) is 0 Å². The highest BCUT2D eigenvalue weighted by Gasteiger charge is 2.05. The Morgan fingerprint density at radius 2 is 2.13 bits per heavy atom. The summed E-state index contributed by atoms with van der Waals surface area (Å²) in [5.74, 6) is 1.18. The normalized spacial score (nSPS) is 10.5. The fourth-order valence-electron chi connectivity index (χ4n) is 1.27. The molecule has 0 bridgehead atoms. The van der Waals surface area contributed by atoms with Crippen LogP contribution in [-0.2, 0) is 4.79 Å². The summed E-state index contributed by atoms with van der Waals surface area (Å²) in [6.07, 6.45) is 0. The monoisotopic (exact) mass is 226 g/mol. The first kappa shape index (κ1) is 12.1. The Hall–Kier alpha value is -1.02. The van der Waals surface area contributed by atoms with Crippen molar-refractivity contribution in [3.8, 4) is 5.75 Å². The Balaban J connectivity index is 2.85. The first-order valence-electron chi connectivity index (χ1n) is 4.92. The lowest BCUT2D eigenvalue weighted by Crippen LogP contribution is -2.05. The summed E-state index contributed by atoms with van der Waals surface area (Å²) in [6, 6.07) is 6.01. The minimum absolute atomic E-state index is 0.0794. The maximum Gasteiger partial charge on any atom is 0.259 e. The van der Waals surface area contributed by atoms with Crippen LogP contribution in [0.4, 0.5) is 0 Å². The third-order valence-electron chi connectivity index (χ3n) is 2.22. The van der Waals surface area contributed by atoms with Crippen molar-refractivity contribution in [3.05, 3.63) is 29.3 Å². The molecule has 2 nitrogen and oxygen atoms in total. The van der Waals surface area contributed by atoms with Crippen LogP contribution in [0.2, 0.25) is 0 Å². The van der Waals surface area contributed by atoms with Crippen molar-refractivity contribution in [1.82, 2.24) is 0 Å². The van der Waals surface area contributed by atoms with Crippen molar-refractivity contribution in [2.24, 2.45) is 0 Å². The summed E-state index contributed by atoms with van der Waals surface area (Å²) in [5.41, 5.74) is 2.20. The second-order valence-corrected chi connectivity index (χ2v) is 4.24. The Morgan fingerprint density at radius 1 is 1.47 bits per heavy atom. The lowest BCUT2D eigenvalue weighted by molar-refractivity contribution is -0.113. The van der Waals surface area contributed by atoms with Crippen LogP contribution in [0.15, 0.2) is 18.2 Å². The largest absolute Gasteiger partial charge is 0.484 e. The predicted octanol–water partition coefficient (Wildman–Crippen LogP) is 3.26. The van der Waals surface area contributed by atoms with Gasteiger partial charge in [-0.2, -0.15) is 0 Å². The minimum atomic E-state index is -0.482. The van der Waals surface area contributed by atoms with E-state index in [0.29, 0.717) is 5.92 Å². The highest BCUT2D eigenvalue weighted by atomic mass is 35.5. The van der Waals surface area contributed by atoms with Gasteiger partial charge in [-0.3, -0.25) is 4.79 Å². The topological polar surface area (TPSA) is 26.3 Å². The molecule has 0 aliphatic rings. The molecule has 0 saturated heterocycles. The van der Waals surface area contributed by atoms with E-state index in [-0.39, 0.29) is 6.61 Å². The van der Waals surface area contributed by atoms with Crippen LogP contribution >= 0.6 is 11.6 Å². The molecule has 0 aliphatic heterocycles. The van der Waals surface area contributed by atoms with Gasteiger partial charge in [-0.1, -0.05) is 26.0 Å². The molecule has 0 saturated carbocycles. The summed E-state index contributed by atoms with van der Waals surface area (Å²) in [7, 11) is 0. The molecule has 15 heavy (non-hydrogen) atoms. The van der Waals surface area contributed by atoms with Crippen molar-refractivity contribution < 1.29 is 9.53 Å². The average Bonchev–Trinajstić information content (AvgIpc) is 2.16. The molecule has 3 heteroatoms. The molecule has 0 amide bonds. The Kier molecular flexibility index (Phi) is 4.15. The maximum atomic E-state index is 10.6. The van der Waals surface area contributed by atoms with Crippen molar-refractivity contribution in [2.45, 2.75) is 26.7 Å². The molecule has 0 atom stereocenters. The van der Waals surface area contributed by atoms with E-state index in [2.05, 4.69) is 19.9 Å². The quantitative estimate of drug-likeness (QED) is 0.737. The third kappa shape index (κ3) is 3.56. The molecule has 0 fully saturated rings. The van der Waals surface area contributed by atoms with Gasteiger partial charge in [-0.25, -0.2) is 0 Å². The molecular weight excluding hydrogens is 212 g/mol. The molecule has 0 radical (unpaired) electrons. The van der Waals surface area contributed by atoms with Crippen LogP contribution in [0.3, 0.4) is 0 Å². The zero-order valence-corrected chi connectivity index (χ0v) is 9.97. The summed E-state index contributed by atoms with van der Waals surface area (Å²) >= 11 is 5.22. The van der Waals surface area contributed by atoms with E-state index >= 15 is 0 Å². The van der Waals surface area contributed by atoms with Gasteiger partial charge in [-0.15, -0.1) is 0 Å². The number of carbonyl (C=O) groups is 1. The second kappa shape index (κ2) is 5.17. The van der Waals surface area contributed by atoms with E-state index in [1.807, 2.05) is 19.1 Å². The minimum Gasteiger partial charge on any atom is -0.484 e. The van der Waals surface area contributed by atoms with Crippen LogP contribution in [0.1, 0.15) is 30.9 Å². The lowest BCUT2D eigenvalue weighted by Gasteiger charge is -2.11. The number of ether oxygens (including phenoxy) is 1. The fraction of sp³-hybridized carbons (Fsp3) is 0.417. The number of hydrogen-bond acceptors (Lipinski definition) is 2. The SMILES string of the molecule is Cc1ccc(C(C)C)cc1OCC(=O)Cl. The molecule has 1 rings (SSSR count). The molecule has 0 unspecified atom stereocenters. The summed E-state index contributed by atoms with van der Waals surface area (Å²) in [5, 5.41) is -0.482. The highest BCUT2D eigenvalue weighted by molar-refractivity contribution is 6.63. The van der Waals surface area contributed by atoms with Crippen LogP contribution < -0.4 is 4.74 Å². The van der Waals surface area contributed by atoms with Crippen molar-refractivity contribution in [1.29, 1.82) is 0 Å². The first-order chi connectivity index (χ1) is 7.00. The number of carbonyl (C=O) groups excluding carboxylic acids is 1. The highest BCUT2D eigenvalue weighted by Crippen LogP contribution is 2.24. The zero-order valence-electron chi connectivity index (χ0n) is 9.21. The van der Waals surface area contributed by atoms with Crippen molar-refractivity contribution >= 4 is 16.8 Å². The van der Waals surface area contributed by atoms with E-state index in [1.54, 1.807) is 0 Å². The molecule has 0 spiro atoms. The van der Waals surface area contributed by atoms with Gasteiger partial charge >= 0.3 is 0 Å². The van der Waals surface area contributed by atoms with E-state index in [9.17, 15) is 4.79 Å². The molecule has 82 valence electrons. The summed E-state index contributed by atoms with van der Waals surface area (Å²) in [4.78, 5) is 10.6. The van der Waals surface area contributed by atoms with Crippen molar-refractivity contribution in [2.75, 3.05) is 6.61 Å². The van der Waals surface area contributed by atoms with Gasteiger partial charge < -0.3 is 4.74 Å². The van der Waals surface area contributed by atoms with E-state index < -0.39 is 5.24 Å². The molecule has 0 N–H and O–H groups in total. The Labute approximate surface area is 95.2 Å². The van der Waals surface area contributed by atoms with Crippen molar-refractivity contribution in [3.63, 3.8) is 0 Å². The average molecular weight is 227 g/mol. The van der Waals surface area contributed by atoms with Gasteiger partial charge in [0, 0.05) is 0 Å². The number of halogens is 1. The molecule has 1 aromatic rings.